The molecule has 0 spiro atoms. The summed E-state index contributed by atoms with van der Waals surface area (Å²) in [5, 5.41) is 15.6. The second-order valence-electron chi connectivity index (χ2n) is 7.89. The predicted molar refractivity (Wildman–Crippen MR) is 125 cm³/mol. The molecule has 2 atom stereocenters. The Hall–Kier alpha value is -4.05. The highest BCUT2D eigenvalue weighted by atomic mass is 19.2. The fourth-order valence-electron chi connectivity index (χ4n) is 3.31. The minimum Gasteiger partial charge on any atom is -0.497 e. The maximum Gasteiger partial charge on any atom is 0.249 e. The van der Waals surface area contributed by atoms with Crippen LogP contribution in [0.2, 0.25) is 0 Å². The van der Waals surface area contributed by atoms with Gasteiger partial charge in [0.2, 0.25) is 11.8 Å². The lowest BCUT2D eigenvalue weighted by Crippen LogP contribution is -2.51. The van der Waals surface area contributed by atoms with E-state index in [-0.39, 0.29) is 19.4 Å². The van der Waals surface area contributed by atoms with E-state index in [9.17, 15) is 23.5 Å². The molecule has 2 amide bonds. The van der Waals surface area contributed by atoms with Gasteiger partial charge in [0.05, 0.1) is 7.11 Å². The zero-order valence-corrected chi connectivity index (χ0v) is 19.0. The van der Waals surface area contributed by atoms with Gasteiger partial charge in [-0.15, -0.1) is 0 Å². The van der Waals surface area contributed by atoms with Gasteiger partial charge in [0, 0.05) is 25.6 Å². The summed E-state index contributed by atoms with van der Waals surface area (Å²) in [6, 6.07) is 12.2. The Kier molecular flexibility index (Phi) is 8.69. The van der Waals surface area contributed by atoms with Crippen molar-refractivity contribution in [3.8, 4) is 5.75 Å². The van der Waals surface area contributed by atoms with Crippen molar-refractivity contribution in [2.45, 2.75) is 31.5 Å². The fourth-order valence-corrected chi connectivity index (χ4v) is 3.31. The number of halogens is 2. The van der Waals surface area contributed by atoms with Crippen LogP contribution in [0.1, 0.15) is 16.7 Å². The first-order valence-corrected chi connectivity index (χ1v) is 10.8. The van der Waals surface area contributed by atoms with Gasteiger partial charge in [0.15, 0.2) is 11.6 Å². The van der Waals surface area contributed by atoms with Crippen LogP contribution in [0, 0.1) is 11.6 Å². The number of amides is 2. The second kappa shape index (κ2) is 11.9. The summed E-state index contributed by atoms with van der Waals surface area (Å²) < 4.78 is 32.1. The lowest BCUT2D eigenvalue weighted by atomic mass is 10.0. The van der Waals surface area contributed by atoms with Crippen LogP contribution in [0.15, 0.2) is 60.8 Å². The van der Waals surface area contributed by atoms with Gasteiger partial charge in [-0.3, -0.25) is 9.59 Å². The highest BCUT2D eigenvalue weighted by Gasteiger charge is 2.25. The van der Waals surface area contributed by atoms with Gasteiger partial charge >= 0.3 is 0 Å². The number of aliphatic hydroxyl groups is 1. The Morgan fingerprint density at radius 1 is 0.971 bits per heavy atom. The summed E-state index contributed by atoms with van der Waals surface area (Å²) in [6.07, 6.45) is -0.0573. The summed E-state index contributed by atoms with van der Waals surface area (Å²) in [7, 11) is 1.53. The molecule has 0 saturated heterocycles. The number of ether oxygens (including phenoxy) is 1. The van der Waals surface area contributed by atoms with Crippen molar-refractivity contribution in [2.24, 2.45) is 0 Å². The van der Waals surface area contributed by atoms with Gasteiger partial charge in [-0.05, 0) is 47.0 Å². The molecule has 1 aromatic heterocycles. The molecule has 35 heavy (non-hydrogen) atoms. The lowest BCUT2D eigenvalue weighted by molar-refractivity contribution is -0.134. The summed E-state index contributed by atoms with van der Waals surface area (Å²) >= 11 is 0. The number of pyridine rings is 1. The number of rotatable bonds is 10. The molecular formula is C25H26F2N4O4. The lowest BCUT2D eigenvalue weighted by Gasteiger charge is -2.21. The predicted octanol–water partition coefficient (Wildman–Crippen LogP) is 1.90. The van der Waals surface area contributed by atoms with Crippen molar-refractivity contribution in [3.05, 3.63) is 89.1 Å². The number of aliphatic hydroxyl groups excluding tert-OH is 1. The van der Waals surface area contributed by atoms with Crippen LogP contribution in [0.3, 0.4) is 0 Å². The fraction of sp³-hybridized carbons (Fsp3) is 0.240. The maximum atomic E-state index is 13.7. The Morgan fingerprint density at radius 2 is 1.66 bits per heavy atom. The van der Waals surface area contributed by atoms with Crippen molar-refractivity contribution < 1.29 is 28.2 Å². The van der Waals surface area contributed by atoms with Crippen LogP contribution >= 0.6 is 0 Å². The number of nitrogens with one attached hydrogen (secondary N) is 2. The molecule has 2 aromatic carbocycles. The zero-order chi connectivity index (χ0) is 25.4. The van der Waals surface area contributed by atoms with Crippen molar-refractivity contribution in [3.63, 3.8) is 0 Å². The Balaban J connectivity index is 1.69. The molecule has 8 nitrogen and oxygen atoms in total. The van der Waals surface area contributed by atoms with Crippen LogP contribution in [0.25, 0.3) is 0 Å². The number of methoxy groups -OCH3 is 1. The van der Waals surface area contributed by atoms with Crippen molar-refractivity contribution in [2.75, 3.05) is 12.8 Å². The van der Waals surface area contributed by atoms with E-state index >= 15 is 0 Å². The van der Waals surface area contributed by atoms with Gasteiger partial charge in [-0.1, -0.05) is 24.3 Å². The number of nitrogens with two attached hydrogens (primary N) is 1. The number of aromatic nitrogens is 1. The van der Waals surface area contributed by atoms with E-state index in [1.54, 1.807) is 36.4 Å². The number of carbonyl (C=O) groups excluding carboxylic acids is 2. The standard InChI is InChI=1S/C25H26F2N4O4/c1-35-18-6-2-15(3-7-18)12-22(32)25(34)31-21(11-16-4-8-19(26)20(27)10-16)24(33)30-14-17-5-9-23(28)29-13-17/h2-10,13,21-22,32H,11-12,14H2,1H3,(H2,28,29)(H,30,33)(H,31,34)/t21-,22+/m0/s1. The first kappa shape index (κ1) is 25.6. The average Bonchev–Trinajstić information content (AvgIpc) is 2.85. The molecule has 0 fully saturated rings. The van der Waals surface area contributed by atoms with Crippen LogP contribution in [-0.2, 0) is 29.0 Å². The molecule has 0 radical (unpaired) electrons. The van der Waals surface area contributed by atoms with Crippen molar-refractivity contribution in [1.82, 2.24) is 15.6 Å². The molecule has 0 aliphatic heterocycles. The molecular weight excluding hydrogens is 458 g/mol. The van der Waals surface area contributed by atoms with Gasteiger partial charge in [0.25, 0.3) is 0 Å². The molecule has 1 heterocycles. The third kappa shape index (κ3) is 7.47. The minimum absolute atomic E-state index is 0.00640. The Morgan fingerprint density at radius 3 is 2.29 bits per heavy atom. The molecule has 184 valence electrons. The molecule has 0 bridgehead atoms. The van der Waals surface area contributed by atoms with Crippen LogP contribution in [-0.4, -0.2) is 41.2 Å². The first-order chi connectivity index (χ1) is 16.7. The van der Waals surface area contributed by atoms with E-state index in [0.717, 1.165) is 12.1 Å². The Labute approximate surface area is 201 Å². The normalized spacial score (nSPS) is 12.5. The van der Waals surface area contributed by atoms with Gasteiger partial charge < -0.3 is 26.2 Å². The van der Waals surface area contributed by atoms with E-state index in [1.165, 1.54) is 19.4 Å². The maximum absolute atomic E-state index is 13.7. The summed E-state index contributed by atoms with van der Waals surface area (Å²) in [4.78, 5) is 29.5. The number of hydrogen-bond acceptors (Lipinski definition) is 6. The second-order valence-corrected chi connectivity index (χ2v) is 7.89. The van der Waals surface area contributed by atoms with Crippen molar-refractivity contribution in [1.29, 1.82) is 0 Å². The number of anilines is 1. The minimum atomic E-state index is -1.44. The third-order valence-corrected chi connectivity index (χ3v) is 5.26. The van der Waals surface area contributed by atoms with Crippen LogP contribution < -0.4 is 21.1 Å². The number of nitrogens with zero attached hydrogens (tertiary/aromatic N) is 1. The number of nitrogen functional groups attached to an aromatic ring is 1. The third-order valence-electron chi connectivity index (χ3n) is 5.26. The summed E-state index contributed by atoms with van der Waals surface area (Å²) in [6.45, 7) is 0.102. The monoisotopic (exact) mass is 484 g/mol. The van der Waals surface area contributed by atoms with Gasteiger partial charge in [0.1, 0.15) is 23.7 Å². The molecule has 10 heteroatoms. The van der Waals surface area contributed by atoms with E-state index in [2.05, 4.69) is 15.6 Å². The number of hydrogen-bond donors (Lipinski definition) is 4. The number of carbonyl (C=O) groups is 2. The van der Waals surface area contributed by atoms with E-state index in [0.29, 0.717) is 28.3 Å². The molecule has 3 aromatic rings. The smallest absolute Gasteiger partial charge is 0.249 e. The van der Waals surface area contributed by atoms with E-state index in [1.807, 2.05) is 0 Å². The van der Waals surface area contributed by atoms with E-state index in [4.69, 9.17) is 10.5 Å². The highest BCUT2D eigenvalue weighted by molar-refractivity contribution is 5.89. The molecule has 0 aliphatic rings. The molecule has 5 N–H and O–H groups in total. The molecule has 3 rings (SSSR count). The van der Waals surface area contributed by atoms with Crippen LogP contribution in [0.4, 0.5) is 14.6 Å². The quantitative estimate of drug-likeness (QED) is 0.348. The zero-order valence-electron chi connectivity index (χ0n) is 19.0. The summed E-state index contributed by atoms with van der Waals surface area (Å²) in [5.41, 5.74) is 7.21. The average molecular weight is 485 g/mol. The highest BCUT2D eigenvalue weighted by Crippen LogP contribution is 2.14. The SMILES string of the molecule is COc1ccc(C[C@@H](O)C(=O)N[C@@H](Cc2ccc(F)c(F)c2)C(=O)NCc2ccc(N)nc2)cc1. The van der Waals surface area contributed by atoms with Crippen molar-refractivity contribution >= 4 is 17.6 Å². The topological polar surface area (TPSA) is 127 Å². The van der Waals surface area contributed by atoms with Gasteiger partial charge in [-0.25, -0.2) is 13.8 Å². The Bertz CT molecular complexity index is 1160. The molecule has 0 saturated carbocycles. The first-order valence-electron chi connectivity index (χ1n) is 10.8. The molecule has 0 aliphatic carbocycles. The van der Waals surface area contributed by atoms with Crippen LogP contribution in [0.5, 0.6) is 5.75 Å². The van der Waals surface area contributed by atoms with E-state index < -0.39 is 35.6 Å². The van der Waals surface area contributed by atoms with Gasteiger partial charge in [-0.2, -0.15) is 0 Å². The summed E-state index contributed by atoms with van der Waals surface area (Å²) in [5.74, 6) is -2.49. The largest absolute Gasteiger partial charge is 0.497 e. The molecule has 0 unspecified atom stereocenters. The number of benzene rings is 2.